The summed E-state index contributed by atoms with van der Waals surface area (Å²) in [4.78, 5) is 29.2. The Balaban J connectivity index is 1.49. The van der Waals surface area contributed by atoms with Gasteiger partial charge in [-0.05, 0) is 29.2 Å². The molecule has 1 aromatic heterocycles. The number of anilines is 1. The SMILES string of the molecule is Cc1nc(NC(=O)OCC2c3ccccc3-c3ccccc32)c(C(=O)NCCO)n1C. The summed E-state index contributed by atoms with van der Waals surface area (Å²) in [5.41, 5.74) is 4.73. The zero-order chi connectivity index (χ0) is 22.0. The average molecular weight is 420 g/mol. The number of fused-ring (bicyclic) bond motifs is 3. The van der Waals surface area contributed by atoms with Crippen LogP contribution >= 0.6 is 0 Å². The lowest BCUT2D eigenvalue weighted by Gasteiger charge is -2.14. The van der Waals surface area contributed by atoms with E-state index in [2.05, 4.69) is 27.8 Å². The van der Waals surface area contributed by atoms with E-state index in [9.17, 15) is 9.59 Å². The summed E-state index contributed by atoms with van der Waals surface area (Å²) in [6.07, 6.45) is -0.684. The van der Waals surface area contributed by atoms with Gasteiger partial charge in [-0.2, -0.15) is 0 Å². The molecule has 8 nitrogen and oxygen atoms in total. The number of benzene rings is 2. The van der Waals surface area contributed by atoms with Gasteiger partial charge < -0.3 is 19.7 Å². The largest absolute Gasteiger partial charge is 0.448 e. The minimum atomic E-state index is -0.684. The number of hydrogen-bond donors (Lipinski definition) is 3. The van der Waals surface area contributed by atoms with Gasteiger partial charge >= 0.3 is 6.09 Å². The van der Waals surface area contributed by atoms with E-state index in [0.29, 0.717) is 5.82 Å². The Hall–Kier alpha value is -3.65. The maximum atomic E-state index is 12.5. The van der Waals surface area contributed by atoms with Crippen LogP contribution in [0.3, 0.4) is 0 Å². The first-order valence-electron chi connectivity index (χ1n) is 10.1. The van der Waals surface area contributed by atoms with Gasteiger partial charge in [-0.15, -0.1) is 0 Å². The van der Waals surface area contributed by atoms with Crippen LogP contribution < -0.4 is 10.6 Å². The quantitative estimate of drug-likeness (QED) is 0.569. The van der Waals surface area contributed by atoms with Crippen LogP contribution in [-0.2, 0) is 11.8 Å². The number of rotatable bonds is 6. The first kappa shape index (κ1) is 20.6. The van der Waals surface area contributed by atoms with E-state index < -0.39 is 12.0 Å². The maximum Gasteiger partial charge on any atom is 0.412 e. The van der Waals surface area contributed by atoms with Crippen molar-refractivity contribution in [3.8, 4) is 11.1 Å². The molecule has 0 fully saturated rings. The zero-order valence-corrected chi connectivity index (χ0v) is 17.4. The molecule has 0 atom stereocenters. The van der Waals surface area contributed by atoms with Crippen molar-refractivity contribution in [1.82, 2.24) is 14.9 Å². The summed E-state index contributed by atoms with van der Waals surface area (Å²) in [6.45, 7) is 1.81. The van der Waals surface area contributed by atoms with E-state index in [1.165, 1.54) is 0 Å². The molecule has 0 saturated carbocycles. The normalized spacial score (nSPS) is 12.2. The number of nitrogens with one attached hydrogen (secondary N) is 2. The lowest BCUT2D eigenvalue weighted by Crippen LogP contribution is -2.29. The monoisotopic (exact) mass is 420 g/mol. The number of imidazole rings is 1. The fourth-order valence-corrected chi connectivity index (χ4v) is 3.94. The molecule has 31 heavy (non-hydrogen) atoms. The molecule has 2 aromatic carbocycles. The molecule has 3 aromatic rings. The van der Waals surface area contributed by atoms with Gasteiger partial charge in [0.25, 0.3) is 5.91 Å². The molecule has 4 rings (SSSR count). The van der Waals surface area contributed by atoms with E-state index in [-0.39, 0.29) is 37.2 Å². The van der Waals surface area contributed by atoms with Gasteiger partial charge in [0, 0.05) is 19.5 Å². The van der Waals surface area contributed by atoms with Crippen molar-refractivity contribution < 1.29 is 19.4 Å². The molecule has 1 heterocycles. The molecule has 0 bridgehead atoms. The fourth-order valence-electron chi connectivity index (χ4n) is 3.94. The van der Waals surface area contributed by atoms with E-state index in [1.54, 1.807) is 18.5 Å². The summed E-state index contributed by atoms with van der Waals surface area (Å²) < 4.78 is 7.11. The summed E-state index contributed by atoms with van der Waals surface area (Å²) in [7, 11) is 1.68. The fraction of sp³-hybridized carbons (Fsp3) is 0.261. The van der Waals surface area contributed by atoms with Crippen LogP contribution in [0.2, 0.25) is 0 Å². The highest BCUT2D eigenvalue weighted by Gasteiger charge is 2.29. The Kier molecular flexibility index (Phi) is 5.73. The third kappa shape index (κ3) is 3.89. The minimum Gasteiger partial charge on any atom is -0.448 e. The second-order valence-corrected chi connectivity index (χ2v) is 7.35. The number of carbonyl (C=O) groups is 2. The number of carbonyl (C=O) groups excluding carboxylic acids is 2. The predicted octanol–water partition coefficient (Wildman–Crippen LogP) is 2.81. The number of ether oxygens (including phenoxy) is 1. The first-order chi connectivity index (χ1) is 15.0. The summed E-state index contributed by atoms with van der Waals surface area (Å²) in [5, 5.41) is 14.1. The number of amides is 2. The Labute approximate surface area is 179 Å². The van der Waals surface area contributed by atoms with Crippen molar-refractivity contribution in [2.75, 3.05) is 25.1 Å². The summed E-state index contributed by atoms with van der Waals surface area (Å²) >= 11 is 0. The molecule has 3 N–H and O–H groups in total. The molecule has 0 saturated heterocycles. The number of aromatic nitrogens is 2. The highest BCUT2D eigenvalue weighted by atomic mass is 16.5. The Morgan fingerprint density at radius 3 is 2.32 bits per heavy atom. The number of aliphatic hydroxyl groups is 1. The van der Waals surface area contributed by atoms with Crippen LogP contribution in [-0.4, -0.2) is 46.4 Å². The molecule has 0 radical (unpaired) electrons. The standard InChI is InChI=1S/C23H24N4O4/c1-14-25-21(20(27(14)2)22(29)24-11-12-28)26-23(30)31-13-19-17-9-5-3-7-15(17)16-8-4-6-10-18(16)19/h3-10,19,28H,11-13H2,1-2H3,(H,24,29)(H,26,30). The van der Waals surface area contributed by atoms with Gasteiger partial charge in [-0.1, -0.05) is 48.5 Å². The van der Waals surface area contributed by atoms with Crippen molar-refractivity contribution in [2.45, 2.75) is 12.8 Å². The average Bonchev–Trinajstić information content (AvgIpc) is 3.24. The van der Waals surface area contributed by atoms with Crippen LogP contribution in [0.5, 0.6) is 0 Å². The number of hydrogen-bond acceptors (Lipinski definition) is 5. The van der Waals surface area contributed by atoms with E-state index in [4.69, 9.17) is 9.84 Å². The number of aliphatic hydroxyl groups excluding tert-OH is 1. The van der Waals surface area contributed by atoms with Crippen LogP contribution in [0.1, 0.15) is 33.4 Å². The molecule has 1 aliphatic rings. The van der Waals surface area contributed by atoms with E-state index in [0.717, 1.165) is 22.3 Å². The lowest BCUT2D eigenvalue weighted by atomic mass is 9.98. The molecule has 0 unspecified atom stereocenters. The highest BCUT2D eigenvalue weighted by Crippen LogP contribution is 2.44. The minimum absolute atomic E-state index is 0.0593. The van der Waals surface area contributed by atoms with Crippen molar-refractivity contribution in [3.63, 3.8) is 0 Å². The third-order valence-corrected chi connectivity index (χ3v) is 5.50. The Morgan fingerprint density at radius 1 is 1.10 bits per heavy atom. The number of nitrogens with zero attached hydrogens (tertiary/aromatic N) is 2. The first-order valence-corrected chi connectivity index (χ1v) is 10.1. The predicted molar refractivity (Wildman–Crippen MR) is 116 cm³/mol. The van der Waals surface area contributed by atoms with Gasteiger partial charge in [0.15, 0.2) is 11.5 Å². The molecule has 0 spiro atoms. The second kappa shape index (κ2) is 8.61. The molecule has 1 aliphatic carbocycles. The zero-order valence-electron chi connectivity index (χ0n) is 17.4. The topological polar surface area (TPSA) is 105 Å². The van der Waals surface area contributed by atoms with Crippen LogP contribution in [0.15, 0.2) is 48.5 Å². The van der Waals surface area contributed by atoms with Crippen LogP contribution in [0, 0.1) is 6.92 Å². The van der Waals surface area contributed by atoms with Gasteiger partial charge in [0.1, 0.15) is 12.4 Å². The highest BCUT2D eigenvalue weighted by molar-refractivity contribution is 6.00. The van der Waals surface area contributed by atoms with Crippen molar-refractivity contribution in [2.24, 2.45) is 7.05 Å². The number of aryl methyl sites for hydroxylation is 1. The second-order valence-electron chi connectivity index (χ2n) is 7.35. The smallest absolute Gasteiger partial charge is 0.412 e. The van der Waals surface area contributed by atoms with Crippen molar-refractivity contribution >= 4 is 17.8 Å². The molecule has 8 heteroatoms. The summed E-state index contributed by atoms with van der Waals surface area (Å²) in [5.74, 6) is 0.179. The van der Waals surface area contributed by atoms with Crippen molar-refractivity contribution in [1.29, 1.82) is 0 Å². The molecule has 2 amide bonds. The van der Waals surface area contributed by atoms with Gasteiger partial charge in [0.05, 0.1) is 6.61 Å². The van der Waals surface area contributed by atoms with Gasteiger partial charge in [-0.3, -0.25) is 10.1 Å². The molecular formula is C23H24N4O4. The van der Waals surface area contributed by atoms with Gasteiger partial charge in [0.2, 0.25) is 0 Å². The lowest BCUT2D eigenvalue weighted by molar-refractivity contribution is 0.0937. The van der Waals surface area contributed by atoms with Gasteiger partial charge in [-0.25, -0.2) is 9.78 Å². The molecule has 0 aliphatic heterocycles. The Morgan fingerprint density at radius 2 is 1.71 bits per heavy atom. The summed E-state index contributed by atoms with van der Waals surface area (Å²) in [6, 6.07) is 16.2. The van der Waals surface area contributed by atoms with Crippen LogP contribution in [0.4, 0.5) is 10.6 Å². The van der Waals surface area contributed by atoms with E-state index >= 15 is 0 Å². The third-order valence-electron chi connectivity index (χ3n) is 5.50. The van der Waals surface area contributed by atoms with Crippen LogP contribution in [0.25, 0.3) is 11.1 Å². The van der Waals surface area contributed by atoms with Crippen molar-refractivity contribution in [3.05, 3.63) is 71.2 Å². The Bertz CT molecular complexity index is 1090. The maximum absolute atomic E-state index is 12.5. The van der Waals surface area contributed by atoms with E-state index in [1.807, 2.05) is 36.4 Å². The molecule has 160 valence electrons. The molecular weight excluding hydrogens is 396 g/mol.